The van der Waals surface area contributed by atoms with Gasteiger partial charge in [-0.25, -0.2) is 0 Å². The molecule has 2 nitrogen and oxygen atoms in total. The van der Waals surface area contributed by atoms with Crippen molar-refractivity contribution in [1.29, 1.82) is 0 Å². The van der Waals surface area contributed by atoms with Crippen molar-refractivity contribution >= 4 is 28.9 Å². The molecule has 0 aliphatic rings. The Hall–Kier alpha value is -1.80. The Labute approximate surface area is 186 Å². The van der Waals surface area contributed by atoms with Crippen LogP contribution in [0, 0.1) is 0 Å². The third-order valence-corrected chi connectivity index (χ3v) is 5.22. The zero-order valence-electron chi connectivity index (χ0n) is 16.7. The maximum absolute atomic E-state index is 13.0. The Morgan fingerprint density at radius 1 is 0.935 bits per heavy atom. The van der Waals surface area contributed by atoms with Gasteiger partial charge >= 0.3 is 12.4 Å². The molecule has 0 amide bonds. The van der Waals surface area contributed by atoms with Crippen molar-refractivity contribution in [3.05, 3.63) is 57.6 Å². The van der Waals surface area contributed by atoms with Crippen LogP contribution in [-0.2, 0) is 6.54 Å². The van der Waals surface area contributed by atoms with Gasteiger partial charge in [-0.3, -0.25) is 0 Å². The van der Waals surface area contributed by atoms with Crippen molar-refractivity contribution in [2.45, 2.75) is 44.6 Å². The van der Waals surface area contributed by atoms with Gasteiger partial charge in [0.2, 0.25) is 0 Å². The van der Waals surface area contributed by atoms with Gasteiger partial charge in [-0.05, 0) is 41.8 Å². The summed E-state index contributed by atoms with van der Waals surface area (Å²) in [5.74, 6) is -3.21. The van der Waals surface area contributed by atoms with Crippen LogP contribution in [0.1, 0.15) is 36.8 Å². The van der Waals surface area contributed by atoms with Crippen LogP contribution in [0.4, 0.5) is 32.0 Å². The maximum atomic E-state index is 13.0. The molecule has 0 radical (unpaired) electrons. The minimum absolute atomic E-state index is 0.300. The number of hydrogen-bond acceptors (Lipinski definition) is 2. The lowest BCUT2D eigenvalue weighted by atomic mass is 9.97. The lowest BCUT2D eigenvalue weighted by Crippen LogP contribution is -2.34. The van der Waals surface area contributed by atoms with E-state index in [0.717, 1.165) is 30.5 Å². The van der Waals surface area contributed by atoms with Gasteiger partial charge in [-0.2, -0.15) is 26.3 Å². The van der Waals surface area contributed by atoms with Crippen molar-refractivity contribution in [1.82, 2.24) is 0 Å². The summed E-state index contributed by atoms with van der Waals surface area (Å²) in [5.41, 5.74) is 0.359. The first kappa shape index (κ1) is 25.5. The van der Waals surface area contributed by atoms with Gasteiger partial charge in [0.05, 0.1) is 17.2 Å². The van der Waals surface area contributed by atoms with Crippen LogP contribution in [0.5, 0.6) is 5.75 Å². The Kier molecular flexibility index (Phi) is 8.39. The minimum Gasteiger partial charge on any atom is -0.494 e. The fourth-order valence-corrected chi connectivity index (χ4v) is 3.90. The number of unbranched alkanes of at least 4 members (excludes halogenated alkanes) is 1. The summed E-state index contributed by atoms with van der Waals surface area (Å²) in [6.07, 6.45) is -9.24. The highest BCUT2D eigenvalue weighted by Gasteiger charge is 2.57. The van der Waals surface area contributed by atoms with Crippen LogP contribution >= 0.6 is 23.2 Å². The molecule has 2 aromatic rings. The van der Waals surface area contributed by atoms with Crippen molar-refractivity contribution in [2.75, 3.05) is 18.6 Å². The largest absolute Gasteiger partial charge is 0.494 e. The standard InChI is InChI=1S/C21H21Cl2F6NO/c1-3-4-9-30(12-13-10-16(22)18(31-2)17(23)11-13)15-7-5-14(6-8-15)19(20(24,25)26)21(27,28)29/h5-8,10-11,19H,3-4,9,12H2,1-2H3. The van der Waals surface area contributed by atoms with E-state index in [0.29, 0.717) is 34.6 Å². The number of methoxy groups -OCH3 is 1. The topological polar surface area (TPSA) is 12.5 Å². The molecule has 0 atom stereocenters. The second-order valence-corrected chi connectivity index (χ2v) is 7.79. The van der Waals surface area contributed by atoms with E-state index >= 15 is 0 Å². The SMILES string of the molecule is CCCCN(Cc1cc(Cl)c(OC)c(Cl)c1)c1ccc(C(C(F)(F)F)C(F)(F)F)cc1. The predicted molar refractivity (Wildman–Crippen MR) is 110 cm³/mol. The van der Waals surface area contributed by atoms with Gasteiger partial charge in [0.25, 0.3) is 0 Å². The number of nitrogens with zero attached hydrogens (tertiary/aromatic N) is 1. The van der Waals surface area contributed by atoms with E-state index < -0.39 is 23.8 Å². The number of anilines is 1. The average Bonchev–Trinajstić information content (AvgIpc) is 2.63. The fraction of sp³-hybridized carbons (Fsp3) is 0.429. The van der Waals surface area contributed by atoms with Gasteiger partial charge in [0.1, 0.15) is 0 Å². The molecule has 0 bridgehead atoms. The Morgan fingerprint density at radius 2 is 1.45 bits per heavy atom. The van der Waals surface area contributed by atoms with Gasteiger partial charge in [0.15, 0.2) is 11.7 Å². The summed E-state index contributed by atoms with van der Waals surface area (Å²) in [6.45, 7) is 2.82. The van der Waals surface area contributed by atoms with Crippen LogP contribution in [0.15, 0.2) is 36.4 Å². The number of halogens is 8. The maximum Gasteiger partial charge on any atom is 0.404 e. The molecule has 31 heavy (non-hydrogen) atoms. The quantitative estimate of drug-likeness (QED) is 0.349. The number of benzene rings is 2. The number of alkyl halides is 6. The highest BCUT2D eigenvalue weighted by atomic mass is 35.5. The Balaban J connectivity index is 2.35. The molecule has 0 aromatic heterocycles. The van der Waals surface area contributed by atoms with E-state index in [1.807, 2.05) is 11.8 Å². The van der Waals surface area contributed by atoms with E-state index in [9.17, 15) is 26.3 Å². The van der Waals surface area contributed by atoms with Gasteiger partial charge in [0, 0.05) is 18.8 Å². The van der Waals surface area contributed by atoms with Crippen molar-refractivity contribution in [2.24, 2.45) is 0 Å². The van der Waals surface area contributed by atoms with Crippen molar-refractivity contribution in [3.63, 3.8) is 0 Å². The minimum atomic E-state index is -5.43. The smallest absolute Gasteiger partial charge is 0.404 e. The zero-order valence-corrected chi connectivity index (χ0v) is 18.3. The molecule has 0 saturated heterocycles. The summed E-state index contributed by atoms with van der Waals surface area (Å²) in [4.78, 5) is 1.85. The molecule has 0 fully saturated rings. The summed E-state index contributed by atoms with van der Waals surface area (Å²) < 4.78 is 83.0. The van der Waals surface area contributed by atoms with E-state index in [1.54, 1.807) is 12.1 Å². The predicted octanol–water partition coefficient (Wildman–Crippen LogP) is 8.02. The van der Waals surface area contributed by atoms with Crippen molar-refractivity contribution < 1.29 is 31.1 Å². The van der Waals surface area contributed by atoms with Gasteiger partial charge in [-0.15, -0.1) is 0 Å². The van der Waals surface area contributed by atoms with Crippen LogP contribution in [-0.4, -0.2) is 26.0 Å². The lowest BCUT2D eigenvalue weighted by molar-refractivity contribution is -0.253. The van der Waals surface area contributed by atoms with Crippen molar-refractivity contribution in [3.8, 4) is 5.75 Å². The molecule has 2 rings (SSSR count). The summed E-state index contributed by atoms with van der Waals surface area (Å²) in [6, 6.07) is 7.58. The fourth-order valence-electron chi connectivity index (χ4n) is 3.21. The van der Waals surface area contributed by atoms with Crippen LogP contribution in [0.3, 0.4) is 0 Å². The molecule has 0 N–H and O–H groups in total. The van der Waals surface area contributed by atoms with Crippen LogP contribution in [0.25, 0.3) is 0 Å². The van der Waals surface area contributed by atoms with E-state index in [2.05, 4.69) is 0 Å². The molecule has 10 heteroatoms. The molecule has 0 aliphatic heterocycles. The molecule has 0 spiro atoms. The monoisotopic (exact) mass is 487 g/mol. The molecule has 0 saturated carbocycles. The first-order valence-electron chi connectivity index (χ1n) is 9.38. The highest BCUT2D eigenvalue weighted by Crippen LogP contribution is 2.46. The lowest BCUT2D eigenvalue weighted by Gasteiger charge is -2.27. The Morgan fingerprint density at radius 3 is 1.87 bits per heavy atom. The number of rotatable bonds is 8. The molecule has 0 aliphatic carbocycles. The first-order valence-corrected chi connectivity index (χ1v) is 10.1. The summed E-state index contributed by atoms with van der Waals surface area (Å²) in [7, 11) is 1.43. The van der Waals surface area contributed by atoms with Crippen LogP contribution in [0.2, 0.25) is 10.0 Å². The van der Waals surface area contributed by atoms with E-state index in [1.165, 1.54) is 19.2 Å². The average molecular weight is 488 g/mol. The van der Waals surface area contributed by atoms with Crippen LogP contribution < -0.4 is 9.64 Å². The second-order valence-electron chi connectivity index (χ2n) is 6.98. The summed E-state index contributed by atoms with van der Waals surface area (Å²) >= 11 is 12.3. The normalized spacial score (nSPS) is 12.4. The molecule has 172 valence electrons. The number of hydrogen-bond donors (Lipinski definition) is 0. The molecule has 0 heterocycles. The Bertz CT molecular complexity index is 831. The molecular formula is C21H21Cl2F6NO. The van der Waals surface area contributed by atoms with Gasteiger partial charge < -0.3 is 9.64 Å². The molecule has 2 aromatic carbocycles. The summed E-state index contributed by atoms with van der Waals surface area (Å²) in [5, 5.41) is 0.600. The van der Waals surface area contributed by atoms with Gasteiger partial charge in [-0.1, -0.05) is 48.7 Å². The zero-order chi connectivity index (χ0) is 23.4. The third-order valence-electron chi connectivity index (χ3n) is 4.66. The van der Waals surface area contributed by atoms with E-state index in [4.69, 9.17) is 27.9 Å². The third kappa shape index (κ3) is 6.59. The van der Waals surface area contributed by atoms with E-state index in [-0.39, 0.29) is 0 Å². The molecule has 0 unspecified atom stereocenters. The first-order chi connectivity index (χ1) is 14.4. The highest BCUT2D eigenvalue weighted by molar-refractivity contribution is 6.37. The molecular weight excluding hydrogens is 467 g/mol. The second kappa shape index (κ2) is 10.2. The number of ether oxygens (including phenoxy) is 1.